The summed E-state index contributed by atoms with van der Waals surface area (Å²) in [7, 11) is 0. The molecule has 1 amide bonds. The van der Waals surface area contributed by atoms with Gasteiger partial charge in [0.05, 0.1) is 16.2 Å². The van der Waals surface area contributed by atoms with Crippen LogP contribution in [0.1, 0.15) is 30.1 Å². The third-order valence-corrected chi connectivity index (χ3v) is 4.64. The van der Waals surface area contributed by atoms with Crippen molar-refractivity contribution >= 4 is 28.9 Å². The summed E-state index contributed by atoms with van der Waals surface area (Å²) in [5.74, 6) is -2.21. The van der Waals surface area contributed by atoms with Crippen LogP contribution >= 0.6 is 0 Å². The smallest absolute Gasteiger partial charge is 0.339 e. The van der Waals surface area contributed by atoms with Crippen molar-refractivity contribution in [3.05, 3.63) is 64.0 Å². The van der Waals surface area contributed by atoms with Crippen LogP contribution in [-0.4, -0.2) is 36.0 Å². The number of nitrogens with zero attached hydrogens (tertiary/aromatic N) is 2. The van der Waals surface area contributed by atoms with Crippen LogP contribution in [0.4, 0.5) is 21.5 Å². The van der Waals surface area contributed by atoms with Crippen molar-refractivity contribution in [1.29, 1.82) is 0 Å². The minimum atomic E-state index is -1.22. The van der Waals surface area contributed by atoms with Crippen molar-refractivity contribution in [3.8, 4) is 0 Å². The predicted molar refractivity (Wildman–Crippen MR) is 104 cm³/mol. The van der Waals surface area contributed by atoms with E-state index in [0.29, 0.717) is 5.69 Å². The highest BCUT2D eigenvalue weighted by Gasteiger charge is 2.26. The summed E-state index contributed by atoms with van der Waals surface area (Å²) >= 11 is 0. The van der Waals surface area contributed by atoms with Crippen LogP contribution in [0.2, 0.25) is 0 Å². The molecule has 3 rings (SSSR count). The summed E-state index contributed by atoms with van der Waals surface area (Å²) in [4.78, 5) is 37.3. The Morgan fingerprint density at radius 3 is 2.55 bits per heavy atom. The van der Waals surface area contributed by atoms with E-state index in [1.165, 1.54) is 37.3 Å². The molecule has 152 valence electrons. The van der Waals surface area contributed by atoms with E-state index in [2.05, 4.69) is 5.32 Å². The maximum atomic E-state index is 13.6. The molecule has 0 unspecified atom stereocenters. The van der Waals surface area contributed by atoms with Gasteiger partial charge in [0.25, 0.3) is 11.6 Å². The standard InChI is InChI=1S/C20H20FN3O5/c1-13(19(25)22-16-7-3-2-6-15(16)21)29-20(26)14-8-9-17(18(12-14)24(27)28)23-10-4-5-11-23/h2-3,6-9,12-13H,4-5,10-11H2,1H3,(H,22,25)/t13-/m1/s1. The van der Waals surface area contributed by atoms with Gasteiger partial charge in [-0.05, 0) is 44.0 Å². The molecular weight excluding hydrogens is 381 g/mol. The lowest BCUT2D eigenvalue weighted by atomic mass is 10.1. The SMILES string of the molecule is C[C@@H](OC(=O)c1ccc(N2CCCC2)c([N+](=O)[O-])c1)C(=O)Nc1ccccc1F. The van der Waals surface area contributed by atoms with Gasteiger partial charge in [-0.15, -0.1) is 0 Å². The summed E-state index contributed by atoms with van der Waals surface area (Å²) in [6.45, 7) is 2.77. The Kier molecular flexibility index (Phi) is 6.06. The van der Waals surface area contributed by atoms with Crippen LogP contribution in [0.3, 0.4) is 0 Å². The number of amides is 1. The molecule has 8 nitrogen and oxygen atoms in total. The zero-order chi connectivity index (χ0) is 21.0. The number of carbonyl (C=O) groups is 2. The van der Waals surface area contributed by atoms with Crippen molar-refractivity contribution in [2.75, 3.05) is 23.3 Å². The average molecular weight is 401 g/mol. The minimum Gasteiger partial charge on any atom is -0.449 e. The Labute approximate surface area is 166 Å². The number of halogens is 1. The Morgan fingerprint density at radius 1 is 1.21 bits per heavy atom. The van der Waals surface area contributed by atoms with Crippen molar-refractivity contribution in [2.24, 2.45) is 0 Å². The third kappa shape index (κ3) is 4.68. The van der Waals surface area contributed by atoms with E-state index >= 15 is 0 Å². The van der Waals surface area contributed by atoms with Gasteiger partial charge in [-0.2, -0.15) is 0 Å². The van der Waals surface area contributed by atoms with Gasteiger partial charge in [0.15, 0.2) is 6.10 Å². The minimum absolute atomic E-state index is 0.0361. The molecule has 0 aromatic heterocycles. The van der Waals surface area contributed by atoms with Crippen LogP contribution in [0.5, 0.6) is 0 Å². The van der Waals surface area contributed by atoms with E-state index in [-0.39, 0.29) is 16.9 Å². The van der Waals surface area contributed by atoms with Crippen molar-refractivity contribution < 1.29 is 23.6 Å². The van der Waals surface area contributed by atoms with E-state index < -0.39 is 28.7 Å². The van der Waals surface area contributed by atoms with Gasteiger partial charge in [0, 0.05) is 19.2 Å². The van der Waals surface area contributed by atoms with Gasteiger partial charge in [0.1, 0.15) is 11.5 Å². The fraction of sp³-hybridized carbons (Fsp3) is 0.300. The lowest BCUT2D eigenvalue weighted by Gasteiger charge is -2.18. The molecule has 1 fully saturated rings. The first-order valence-electron chi connectivity index (χ1n) is 9.16. The van der Waals surface area contributed by atoms with Gasteiger partial charge in [-0.25, -0.2) is 9.18 Å². The Balaban J connectivity index is 1.71. The first-order valence-corrected chi connectivity index (χ1v) is 9.16. The number of nitro groups is 1. The van der Waals surface area contributed by atoms with Crippen molar-refractivity contribution in [3.63, 3.8) is 0 Å². The number of carbonyl (C=O) groups excluding carboxylic acids is 2. The molecule has 0 bridgehead atoms. The van der Waals surface area contributed by atoms with E-state index in [1.807, 2.05) is 4.90 Å². The molecule has 0 spiro atoms. The second kappa shape index (κ2) is 8.68. The summed E-state index contributed by atoms with van der Waals surface area (Å²) in [5, 5.41) is 13.8. The third-order valence-electron chi connectivity index (χ3n) is 4.64. The van der Waals surface area contributed by atoms with Crippen LogP contribution in [-0.2, 0) is 9.53 Å². The van der Waals surface area contributed by atoms with Crippen LogP contribution in [0.25, 0.3) is 0 Å². The Hall–Kier alpha value is -3.49. The second-order valence-electron chi connectivity index (χ2n) is 6.67. The number of hydrogen-bond donors (Lipinski definition) is 1. The predicted octanol–water partition coefficient (Wildman–Crippen LogP) is 3.52. The van der Waals surface area contributed by atoms with Crippen LogP contribution in [0.15, 0.2) is 42.5 Å². The summed E-state index contributed by atoms with van der Waals surface area (Å²) in [6, 6.07) is 9.70. The molecule has 0 saturated carbocycles. The highest BCUT2D eigenvalue weighted by molar-refractivity contribution is 5.98. The fourth-order valence-corrected chi connectivity index (χ4v) is 3.10. The molecule has 9 heteroatoms. The topological polar surface area (TPSA) is 102 Å². The van der Waals surface area contributed by atoms with E-state index in [1.54, 1.807) is 6.07 Å². The molecule has 1 heterocycles. The van der Waals surface area contributed by atoms with Gasteiger partial charge >= 0.3 is 5.97 Å². The van der Waals surface area contributed by atoms with Gasteiger partial charge in [-0.1, -0.05) is 12.1 Å². The molecule has 1 atom stereocenters. The number of rotatable bonds is 6. The number of benzene rings is 2. The van der Waals surface area contributed by atoms with Gasteiger partial charge < -0.3 is 15.0 Å². The molecule has 0 aliphatic carbocycles. The lowest BCUT2D eigenvalue weighted by molar-refractivity contribution is -0.384. The second-order valence-corrected chi connectivity index (χ2v) is 6.67. The zero-order valence-corrected chi connectivity index (χ0v) is 15.8. The van der Waals surface area contributed by atoms with Crippen molar-refractivity contribution in [2.45, 2.75) is 25.9 Å². The Bertz CT molecular complexity index is 943. The zero-order valence-electron chi connectivity index (χ0n) is 15.8. The molecule has 29 heavy (non-hydrogen) atoms. The largest absolute Gasteiger partial charge is 0.449 e. The summed E-state index contributed by atoms with van der Waals surface area (Å²) in [5.41, 5.74) is 0.190. The number of nitro benzene ring substituents is 1. The maximum Gasteiger partial charge on any atom is 0.339 e. The first-order chi connectivity index (χ1) is 13.9. The molecular formula is C20H20FN3O5. The van der Waals surface area contributed by atoms with E-state index in [0.717, 1.165) is 32.0 Å². The first kappa shape index (κ1) is 20.2. The molecule has 2 aromatic carbocycles. The number of ether oxygens (including phenoxy) is 1. The molecule has 1 saturated heterocycles. The Morgan fingerprint density at radius 2 is 1.90 bits per heavy atom. The van der Waals surface area contributed by atoms with Crippen LogP contribution < -0.4 is 10.2 Å². The summed E-state index contributed by atoms with van der Waals surface area (Å²) < 4.78 is 18.7. The maximum absolute atomic E-state index is 13.6. The number of anilines is 2. The number of nitrogens with one attached hydrogen (secondary N) is 1. The number of esters is 1. The average Bonchev–Trinajstić information content (AvgIpc) is 3.23. The normalized spacial score (nSPS) is 14.3. The number of para-hydroxylation sites is 1. The summed E-state index contributed by atoms with van der Waals surface area (Å²) in [6.07, 6.45) is 0.685. The van der Waals surface area contributed by atoms with Gasteiger partial charge in [-0.3, -0.25) is 14.9 Å². The lowest BCUT2D eigenvalue weighted by Crippen LogP contribution is -2.30. The number of hydrogen-bond acceptors (Lipinski definition) is 6. The highest BCUT2D eigenvalue weighted by Crippen LogP contribution is 2.32. The molecule has 1 aliphatic rings. The molecule has 1 aliphatic heterocycles. The fourth-order valence-electron chi connectivity index (χ4n) is 3.10. The molecule has 1 N–H and O–H groups in total. The molecule has 2 aromatic rings. The van der Waals surface area contributed by atoms with Crippen LogP contribution in [0, 0.1) is 15.9 Å². The quantitative estimate of drug-likeness (QED) is 0.451. The monoisotopic (exact) mass is 401 g/mol. The van der Waals surface area contributed by atoms with Crippen molar-refractivity contribution in [1.82, 2.24) is 0 Å². The van der Waals surface area contributed by atoms with E-state index in [4.69, 9.17) is 4.74 Å². The van der Waals surface area contributed by atoms with E-state index in [9.17, 15) is 24.1 Å². The molecule has 0 radical (unpaired) electrons. The highest BCUT2D eigenvalue weighted by atomic mass is 19.1. The van der Waals surface area contributed by atoms with Gasteiger partial charge in [0.2, 0.25) is 0 Å².